The molecular formula is C60H46N2. The molecule has 0 atom stereocenters. The average molecular weight is 795 g/mol. The summed E-state index contributed by atoms with van der Waals surface area (Å²) in [6.45, 7) is 9.43. The van der Waals surface area contributed by atoms with E-state index in [2.05, 4.69) is 243 Å². The third kappa shape index (κ3) is 5.43. The van der Waals surface area contributed by atoms with E-state index in [-0.39, 0.29) is 10.8 Å². The highest BCUT2D eigenvalue weighted by atomic mass is 15.1. The van der Waals surface area contributed by atoms with Gasteiger partial charge in [0.15, 0.2) is 0 Å². The van der Waals surface area contributed by atoms with Crippen LogP contribution >= 0.6 is 0 Å². The third-order valence-corrected chi connectivity index (χ3v) is 14.0. The molecule has 0 spiro atoms. The van der Waals surface area contributed by atoms with E-state index in [4.69, 9.17) is 0 Å². The quantitative estimate of drug-likeness (QED) is 0.163. The molecule has 2 aliphatic carbocycles. The van der Waals surface area contributed by atoms with Crippen molar-refractivity contribution in [3.8, 4) is 50.2 Å². The molecule has 2 nitrogen and oxygen atoms in total. The summed E-state index contributed by atoms with van der Waals surface area (Å²) >= 11 is 0. The number of benzene rings is 9. The predicted octanol–water partition coefficient (Wildman–Crippen LogP) is 16.2. The predicted molar refractivity (Wildman–Crippen MR) is 261 cm³/mol. The van der Waals surface area contributed by atoms with Crippen molar-refractivity contribution in [1.82, 2.24) is 4.57 Å². The minimum atomic E-state index is -0.107. The zero-order valence-corrected chi connectivity index (χ0v) is 35.5. The largest absolute Gasteiger partial charge is 0.310 e. The summed E-state index contributed by atoms with van der Waals surface area (Å²) in [5, 5.41) is 2.51. The molecule has 1 aromatic heterocycles. The fourth-order valence-corrected chi connectivity index (χ4v) is 10.8. The number of para-hydroxylation sites is 2. The first kappa shape index (κ1) is 36.4. The first-order valence-corrected chi connectivity index (χ1v) is 21.8. The van der Waals surface area contributed by atoms with Crippen LogP contribution in [0.1, 0.15) is 49.9 Å². The first-order chi connectivity index (χ1) is 30.3. The molecule has 0 radical (unpaired) electrons. The zero-order valence-electron chi connectivity index (χ0n) is 35.5. The molecule has 0 bridgehead atoms. The average Bonchev–Trinajstić information content (AvgIpc) is 3.86. The van der Waals surface area contributed by atoms with Gasteiger partial charge in [0.1, 0.15) is 0 Å². The Labute approximate surface area is 364 Å². The molecule has 2 aliphatic rings. The van der Waals surface area contributed by atoms with Crippen LogP contribution in [0, 0.1) is 0 Å². The van der Waals surface area contributed by atoms with Crippen LogP contribution in [0.3, 0.4) is 0 Å². The smallest absolute Gasteiger partial charge is 0.0541 e. The highest BCUT2D eigenvalue weighted by molar-refractivity contribution is 6.10. The topological polar surface area (TPSA) is 8.17 Å². The molecule has 0 fully saturated rings. The van der Waals surface area contributed by atoms with Crippen molar-refractivity contribution in [3.63, 3.8) is 0 Å². The summed E-state index contributed by atoms with van der Waals surface area (Å²) in [6.07, 6.45) is 0. The van der Waals surface area contributed by atoms with Crippen LogP contribution < -0.4 is 4.90 Å². The van der Waals surface area contributed by atoms with Crippen LogP contribution in [-0.2, 0) is 10.8 Å². The first-order valence-electron chi connectivity index (χ1n) is 21.8. The van der Waals surface area contributed by atoms with E-state index in [0.29, 0.717) is 0 Å². The number of nitrogens with zero attached hydrogens (tertiary/aromatic N) is 2. The SMILES string of the molecule is CC1(C)c2ccccc2-c2ccc(-c3ccc(N(c4ccc(-c5ccc6c(c5)c5ccccc5n6-c5ccccc5)cc4)c4ccc5c(c4)C(C)(C)c4ccccc4-5)cc3)cc21. The van der Waals surface area contributed by atoms with Gasteiger partial charge in [0, 0.05) is 44.4 Å². The third-order valence-electron chi connectivity index (χ3n) is 14.0. The fourth-order valence-electron chi connectivity index (χ4n) is 10.8. The van der Waals surface area contributed by atoms with E-state index in [0.717, 1.165) is 17.1 Å². The highest BCUT2D eigenvalue weighted by Gasteiger charge is 2.37. The molecular weight excluding hydrogens is 749 g/mol. The second kappa shape index (κ2) is 13.5. The second-order valence-corrected chi connectivity index (χ2v) is 18.2. The summed E-state index contributed by atoms with van der Waals surface area (Å²) in [6, 6.07) is 76.5. The summed E-state index contributed by atoms with van der Waals surface area (Å²) in [7, 11) is 0. The molecule has 12 rings (SSSR count). The molecule has 0 saturated carbocycles. The van der Waals surface area contributed by atoms with Gasteiger partial charge in [-0.3, -0.25) is 0 Å². The number of rotatable bonds is 6. The Morgan fingerprint density at radius 2 is 0.774 bits per heavy atom. The van der Waals surface area contributed by atoms with E-state index in [1.807, 2.05) is 0 Å². The van der Waals surface area contributed by atoms with Gasteiger partial charge in [-0.15, -0.1) is 0 Å². The molecule has 0 unspecified atom stereocenters. The van der Waals surface area contributed by atoms with Crippen molar-refractivity contribution in [1.29, 1.82) is 0 Å². The lowest BCUT2D eigenvalue weighted by Gasteiger charge is -2.28. The Hall–Kier alpha value is -7.42. The highest BCUT2D eigenvalue weighted by Crippen LogP contribution is 2.52. The fraction of sp³-hybridized carbons (Fsp3) is 0.100. The number of hydrogen-bond acceptors (Lipinski definition) is 1. The van der Waals surface area contributed by atoms with E-state index in [1.165, 1.54) is 94.3 Å². The van der Waals surface area contributed by atoms with Crippen LogP contribution in [0.15, 0.2) is 206 Å². The van der Waals surface area contributed by atoms with E-state index < -0.39 is 0 Å². The molecule has 9 aromatic carbocycles. The van der Waals surface area contributed by atoms with E-state index in [9.17, 15) is 0 Å². The van der Waals surface area contributed by atoms with Crippen molar-refractivity contribution >= 4 is 38.9 Å². The van der Waals surface area contributed by atoms with Gasteiger partial charge in [-0.05, 0) is 140 Å². The number of anilines is 3. The maximum atomic E-state index is 2.42. The van der Waals surface area contributed by atoms with Crippen molar-refractivity contribution in [2.24, 2.45) is 0 Å². The van der Waals surface area contributed by atoms with Crippen LogP contribution in [-0.4, -0.2) is 4.57 Å². The summed E-state index contributed by atoms with van der Waals surface area (Å²) in [4.78, 5) is 2.42. The molecule has 0 saturated heterocycles. The lowest BCUT2D eigenvalue weighted by Crippen LogP contribution is -2.16. The maximum Gasteiger partial charge on any atom is 0.0541 e. The van der Waals surface area contributed by atoms with Gasteiger partial charge in [-0.1, -0.05) is 161 Å². The minimum absolute atomic E-state index is 0.0430. The molecule has 0 N–H and O–H groups in total. The minimum Gasteiger partial charge on any atom is -0.310 e. The Bertz CT molecular complexity index is 3380. The van der Waals surface area contributed by atoms with Gasteiger partial charge >= 0.3 is 0 Å². The van der Waals surface area contributed by atoms with Gasteiger partial charge in [-0.25, -0.2) is 0 Å². The van der Waals surface area contributed by atoms with Gasteiger partial charge in [0.2, 0.25) is 0 Å². The molecule has 1 heterocycles. The maximum absolute atomic E-state index is 2.42. The van der Waals surface area contributed by atoms with Gasteiger partial charge in [0.25, 0.3) is 0 Å². The van der Waals surface area contributed by atoms with Gasteiger partial charge < -0.3 is 9.47 Å². The molecule has 2 heteroatoms. The van der Waals surface area contributed by atoms with Crippen molar-refractivity contribution in [2.75, 3.05) is 4.90 Å². The van der Waals surface area contributed by atoms with Crippen molar-refractivity contribution in [3.05, 3.63) is 229 Å². The number of aromatic nitrogens is 1. The monoisotopic (exact) mass is 794 g/mol. The van der Waals surface area contributed by atoms with Crippen LogP contribution in [0.4, 0.5) is 17.1 Å². The van der Waals surface area contributed by atoms with E-state index in [1.54, 1.807) is 0 Å². The van der Waals surface area contributed by atoms with Crippen LogP contribution in [0.2, 0.25) is 0 Å². The number of hydrogen-bond donors (Lipinski definition) is 0. The molecule has 0 aliphatic heterocycles. The Morgan fingerprint density at radius 3 is 1.42 bits per heavy atom. The lowest BCUT2D eigenvalue weighted by molar-refractivity contribution is 0.660. The van der Waals surface area contributed by atoms with Gasteiger partial charge in [-0.2, -0.15) is 0 Å². The lowest BCUT2D eigenvalue weighted by atomic mass is 9.81. The van der Waals surface area contributed by atoms with E-state index >= 15 is 0 Å². The Morgan fingerprint density at radius 1 is 0.323 bits per heavy atom. The zero-order chi connectivity index (χ0) is 41.7. The Balaban J connectivity index is 0.942. The summed E-state index contributed by atoms with van der Waals surface area (Å²) in [5.41, 5.74) is 22.6. The normalized spacial score (nSPS) is 14.1. The molecule has 296 valence electrons. The van der Waals surface area contributed by atoms with Crippen molar-refractivity contribution < 1.29 is 0 Å². The number of fused-ring (bicyclic) bond motifs is 9. The molecule has 0 amide bonds. The van der Waals surface area contributed by atoms with Crippen molar-refractivity contribution in [2.45, 2.75) is 38.5 Å². The molecule has 10 aromatic rings. The molecule has 62 heavy (non-hydrogen) atoms. The summed E-state index contributed by atoms with van der Waals surface area (Å²) in [5.74, 6) is 0. The summed E-state index contributed by atoms with van der Waals surface area (Å²) < 4.78 is 2.38. The second-order valence-electron chi connectivity index (χ2n) is 18.2. The Kier molecular flexibility index (Phi) is 7.96. The standard InChI is InChI=1S/C60H46N2/c1-59(2)53-19-11-8-16-47(53)49-33-26-42(37-55(49)59)40-24-30-45(31-25-40)61(46-32-34-50-48-17-9-12-20-54(48)60(3,4)56(50)38-46)44-28-22-39(23-29-44)41-27-35-58-52(36-41)51-18-10-13-21-57(51)62(58)43-14-6-5-7-15-43/h5-38H,1-4H3. The van der Waals surface area contributed by atoms with Crippen LogP contribution in [0.25, 0.3) is 72.0 Å². The van der Waals surface area contributed by atoms with Gasteiger partial charge in [0.05, 0.1) is 11.0 Å². The van der Waals surface area contributed by atoms with Crippen LogP contribution in [0.5, 0.6) is 0 Å².